The largest absolute Gasteiger partial charge is 0.507 e. The van der Waals surface area contributed by atoms with E-state index in [1.165, 1.54) is 12.1 Å². The Hall–Kier alpha value is -3.55. The summed E-state index contributed by atoms with van der Waals surface area (Å²) in [6, 6.07) is 13.3. The van der Waals surface area contributed by atoms with Crippen LogP contribution in [0.3, 0.4) is 0 Å². The monoisotopic (exact) mass is 413 g/mol. The predicted molar refractivity (Wildman–Crippen MR) is 113 cm³/mol. The van der Waals surface area contributed by atoms with Gasteiger partial charge in [0.1, 0.15) is 11.4 Å². The number of rotatable bonds is 7. The average Bonchev–Trinajstić information content (AvgIpc) is 2.66. The van der Waals surface area contributed by atoms with E-state index in [-0.39, 0.29) is 36.7 Å². The molecule has 0 saturated heterocycles. The molecule has 0 saturated carbocycles. The summed E-state index contributed by atoms with van der Waals surface area (Å²) in [5, 5.41) is 17.8. The minimum Gasteiger partial charge on any atom is -0.507 e. The highest BCUT2D eigenvalue weighted by molar-refractivity contribution is 5.97. The van der Waals surface area contributed by atoms with E-state index in [0.717, 1.165) is 0 Å². The summed E-state index contributed by atoms with van der Waals surface area (Å²) in [7, 11) is 0. The number of anilines is 1. The summed E-state index contributed by atoms with van der Waals surface area (Å²) in [5.74, 6) is -0.810. The van der Waals surface area contributed by atoms with Gasteiger partial charge in [-0.15, -0.1) is 0 Å². The molecule has 0 bridgehead atoms. The van der Waals surface area contributed by atoms with E-state index >= 15 is 0 Å². The molecule has 8 nitrogen and oxygen atoms in total. The van der Waals surface area contributed by atoms with Gasteiger partial charge in [0.15, 0.2) is 0 Å². The molecule has 4 N–H and O–H groups in total. The van der Waals surface area contributed by atoms with Crippen LogP contribution in [0.2, 0.25) is 0 Å². The molecule has 2 rings (SSSR count). The van der Waals surface area contributed by atoms with E-state index in [0.29, 0.717) is 11.3 Å². The van der Waals surface area contributed by atoms with Crippen LogP contribution in [0.5, 0.6) is 5.75 Å². The van der Waals surface area contributed by atoms with Crippen molar-refractivity contribution in [2.45, 2.75) is 39.3 Å². The maximum atomic E-state index is 12.3. The molecule has 2 aromatic carbocycles. The molecule has 0 heterocycles. The number of benzene rings is 2. The van der Waals surface area contributed by atoms with Crippen LogP contribution in [0.25, 0.3) is 0 Å². The lowest BCUT2D eigenvalue weighted by atomic mass is 10.1. The van der Waals surface area contributed by atoms with Crippen molar-refractivity contribution in [2.75, 3.05) is 11.9 Å². The molecule has 2 aromatic rings. The lowest BCUT2D eigenvalue weighted by Crippen LogP contribution is -2.34. The first-order valence-electron chi connectivity index (χ1n) is 9.56. The minimum absolute atomic E-state index is 0.0673. The third-order valence-electron chi connectivity index (χ3n) is 3.90. The number of alkyl carbamates (subject to hydrolysis) is 1. The van der Waals surface area contributed by atoms with Gasteiger partial charge in [0.2, 0.25) is 5.91 Å². The third kappa shape index (κ3) is 7.46. The summed E-state index contributed by atoms with van der Waals surface area (Å²) in [6.07, 6.45) is -0.514. The van der Waals surface area contributed by atoms with E-state index in [1.54, 1.807) is 57.2 Å². The number of hydrogen-bond donors (Lipinski definition) is 4. The van der Waals surface area contributed by atoms with Crippen LogP contribution in [0.1, 0.15) is 43.1 Å². The van der Waals surface area contributed by atoms with Crippen molar-refractivity contribution in [1.29, 1.82) is 0 Å². The second kappa shape index (κ2) is 10.3. The number of phenolic OH excluding ortho intramolecular Hbond substituents is 1. The number of hydrogen-bond acceptors (Lipinski definition) is 5. The van der Waals surface area contributed by atoms with Crippen LogP contribution in [0, 0.1) is 0 Å². The molecule has 0 aliphatic carbocycles. The van der Waals surface area contributed by atoms with Gasteiger partial charge in [-0.25, -0.2) is 4.79 Å². The van der Waals surface area contributed by atoms with Crippen LogP contribution < -0.4 is 16.0 Å². The summed E-state index contributed by atoms with van der Waals surface area (Å²) in [4.78, 5) is 36.1. The second-order valence-electron chi connectivity index (χ2n) is 7.58. The highest BCUT2D eigenvalue weighted by Crippen LogP contribution is 2.18. The van der Waals surface area contributed by atoms with Gasteiger partial charge in [0, 0.05) is 25.2 Å². The number of carbonyl (C=O) groups is 3. The first-order valence-corrected chi connectivity index (χ1v) is 9.56. The molecule has 30 heavy (non-hydrogen) atoms. The highest BCUT2D eigenvalue weighted by atomic mass is 16.6. The number of para-hydroxylation sites is 2. The molecule has 8 heteroatoms. The Balaban J connectivity index is 1.87. The summed E-state index contributed by atoms with van der Waals surface area (Å²) < 4.78 is 5.12. The Morgan fingerprint density at radius 3 is 2.33 bits per heavy atom. The Kier molecular flexibility index (Phi) is 7.80. The fourth-order valence-corrected chi connectivity index (χ4v) is 2.54. The maximum absolute atomic E-state index is 12.3. The number of amides is 3. The quantitative estimate of drug-likeness (QED) is 0.556. The van der Waals surface area contributed by atoms with Crippen LogP contribution in [-0.4, -0.2) is 35.2 Å². The molecule has 160 valence electrons. The van der Waals surface area contributed by atoms with Gasteiger partial charge >= 0.3 is 6.09 Å². The van der Waals surface area contributed by atoms with Crippen LogP contribution >= 0.6 is 0 Å². The van der Waals surface area contributed by atoms with E-state index in [2.05, 4.69) is 16.0 Å². The van der Waals surface area contributed by atoms with E-state index in [9.17, 15) is 19.5 Å². The molecule has 0 aromatic heterocycles. The molecule has 0 aliphatic rings. The van der Waals surface area contributed by atoms with Gasteiger partial charge in [-0.05, 0) is 44.5 Å². The van der Waals surface area contributed by atoms with E-state index < -0.39 is 17.6 Å². The molecule has 0 spiro atoms. The van der Waals surface area contributed by atoms with Gasteiger partial charge in [-0.3, -0.25) is 9.59 Å². The Morgan fingerprint density at radius 2 is 1.63 bits per heavy atom. The highest BCUT2D eigenvalue weighted by Gasteiger charge is 2.16. The first kappa shape index (κ1) is 22.7. The van der Waals surface area contributed by atoms with Crippen LogP contribution in [-0.2, 0) is 16.1 Å². The van der Waals surface area contributed by atoms with Crippen LogP contribution in [0.15, 0.2) is 48.5 Å². The second-order valence-corrected chi connectivity index (χ2v) is 7.58. The Bertz CT molecular complexity index is 906. The zero-order valence-electron chi connectivity index (χ0n) is 17.3. The molecule has 0 radical (unpaired) electrons. The maximum Gasteiger partial charge on any atom is 0.407 e. The molecule has 0 unspecified atom stereocenters. The molecule has 0 fully saturated rings. The van der Waals surface area contributed by atoms with Gasteiger partial charge in [-0.2, -0.15) is 0 Å². The van der Waals surface area contributed by atoms with E-state index in [4.69, 9.17) is 4.74 Å². The fourth-order valence-electron chi connectivity index (χ4n) is 2.54. The Labute approximate surface area is 175 Å². The van der Waals surface area contributed by atoms with Crippen LogP contribution in [0.4, 0.5) is 10.5 Å². The van der Waals surface area contributed by atoms with Crippen molar-refractivity contribution in [3.8, 4) is 5.75 Å². The smallest absolute Gasteiger partial charge is 0.407 e. The van der Waals surface area contributed by atoms with E-state index in [1.807, 2.05) is 0 Å². The SMILES string of the molecule is CC(C)(C)OC(=O)NCCC(=O)Nc1ccccc1CNC(=O)c1ccccc1O. The number of ether oxygens (including phenoxy) is 1. The zero-order valence-corrected chi connectivity index (χ0v) is 17.3. The summed E-state index contributed by atoms with van der Waals surface area (Å²) in [5.41, 5.74) is 0.825. The number of phenols is 1. The average molecular weight is 413 g/mol. The van der Waals surface area contributed by atoms with Crippen molar-refractivity contribution in [1.82, 2.24) is 10.6 Å². The van der Waals surface area contributed by atoms with Crippen molar-refractivity contribution in [3.63, 3.8) is 0 Å². The lowest BCUT2D eigenvalue weighted by molar-refractivity contribution is -0.116. The van der Waals surface area contributed by atoms with Crippen molar-refractivity contribution >= 4 is 23.6 Å². The van der Waals surface area contributed by atoms with Gasteiger partial charge in [-0.1, -0.05) is 30.3 Å². The zero-order chi connectivity index (χ0) is 22.1. The number of aromatic hydroxyl groups is 1. The van der Waals surface area contributed by atoms with Gasteiger partial charge < -0.3 is 25.8 Å². The number of carbonyl (C=O) groups excluding carboxylic acids is 3. The lowest BCUT2D eigenvalue weighted by Gasteiger charge is -2.19. The van der Waals surface area contributed by atoms with Crippen molar-refractivity contribution in [2.24, 2.45) is 0 Å². The summed E-state index contributed by atoms with van der Waals surface area (Å²) >= 11 is 0. The van der Waals surface area contributed by atoms with Crippen molar-refractivity contribution in [3.05, 3.63) is 59.7 Å². The summed E-state index contributed by atoms with van der Waals surface area (Å²) in [6.45, 7) is 5.57. The molecular weight excluding hydrogens is 386 g/mol. The molecule has 0 aliphatic heterocycles. The minimum atomic E-state index is -0.605. The van der Waals surface area contributed by atoms with Crippen molar-refractivity contribution < 1.29 is 24.2 Å². The van der Waals surface area contributed by atoms with Gasteiger partial charge in [0.25, 0.3) is 5.91 Å². The molecule has 0 atom stereocenters. The number of nitrogens with one attached hydrogen (secondary N) is 3. The first-order chi connectivity index (χ1) is 14.2. The molecular formula is C22H27N3O5. The third-order valence-corrected chi connectivity index (χ3v) is 3.90. The topological polar surface area (TPSA) is 117 Å². The Morgan fingerprint density at radius 1 is 0.967 bits per heavy atom. The fraction of sp³-hybridized carbons (Fsp3) is 0.318. The predicted octanol–water partition coefficient (Wildman–Crippen LogP) is 3.18. The normalized spacial score (nSPS) is 10.8. The standard InChI is InChI=1S/C22H27N3O5/c1-22(2,3)30-21(29)23-13-12-19(27)25-17-10-6-4-8-15(17)14-24-20(28)16-9-5-7-11-18(16)26/h4-11,26H,12-14H2,1-3H3,(H,23,29)(H,24,28)(H,25,27). The molecule has 3 amide bonds. The van der Waals surface area contributed by atoms with Gasteiger partial charge in [0.05, 0.1) is 5.56 Å².